The van der Waals surface area contributed by atoms with Crippen LogP contribution in [0.1, 0.15) is 84.0 Å². The van der Waals surface area contributed by atoms with Crippen LogP contribution in [-0.2, 0) is 9.59 Å². The Kier molecular flexibility index (Phi) is 13.7. The molecule has 0 saturated heterocycles. The van der Waals surface area contributed by atoms with E-state index in [9.17, 15) is 9.59 Å². The van der Waals surface area contributed by atoms with Crippen LogP contribution in [0.4, 0.5) is 0 Å². The summed E-state index contributed by atoms with van der Waals surface area (Å²) in [6.45, 7) is 2.19. The normalized spacial score (nSPS) is 12.6. The summed E-state index contributed by atoms with van der Waals surface area (Å²) in [5.74, 6) is -2.74. The van der Waals surface area contributed by atoms with Crippen molar-refractivity contribution in [3.63, 3.8) is 0 Å². The molecule has 128 valence electrons. The Hall–Kier alpha value is -1.32. The molecular weight excluding hydrogens is 280 g/mol. The zero-order chi connectivity index (χ0) is 16.6. The Morgan fingerprint density at radius 1 is 0.864 bits per heavy atom. The molecule has 0 aromatic carbocycles. The smallest absolute Gasteiger partial charge is 0.307 e. The lowest BCUT2D eigenvalue weighted by Gasteiger charge is -2.09. The lowest BCUT2D eigenvalue weighted by Crippen LogP contribution is -2.17. The molecule has 22 heavy (non-hydrogen) atoms. The summed E-state index contributed by atoms with van der Waals surface area (Å²) < 4.78 is 0. The third kappa shape index (κ3) is 13.7. The largest absolute Gasteiger partial charge is 0.481 e. The highest BCUT2D eigenvalue weighted by Crippen LogP contribution is 2.16. The van der Waals surface area contributed by atoms with Crippen molar-refractivity contribution in [1.29, 1.82) is 0 Å². The summed E-state index contributed by atoms with van der Waals surface area (Å²) in [6, 6.07) is 0. The van der Waals surface area contributed by atoms with Gasteiger partial charge < -0.3 is 10.2 Å². The monoisotopic (exact) mass is 312 g/mol. The maximum absolute atomic E-state index is 10.9. The summed E-state index contributed by atoms with van der Waals surface area (Å²) in [5, 5.41) is 17.6. The molecule has 2 N–H and O–H groups in total. The van der Waals surface area contributed by atoms with Crippen LogP contribution in [0.2, 0.25) is 0 Å². The SMILES string of the molecule is CCC/C=C\CCCCCCCCCC(CC(=O)O)C(=O)O. The maximum atomic E-state index is 10.9. The van der Waals surface area contributed by atoms with Gasteiger partial charge in [-0.3, -0.25) is 9.59 Å². The van der Waals surface area contributed by atoms with Crippen molar-refractivity contribution in [3.8, 4) is 0 Å². The van der Waals surface area contributed by atoms with E-state index in [4.69, 9.17) is 10.2 Å². The topological polar surface area (TPSA) is 74.6 Å². The minimum Gasteiger partial charge on any atom is -0.481 e. The summed E-state index contributed by atoms with van der Waals surface area (Å²) >= 11 is 0. The highest BCUT2D eigenvalue weighted by molar-refractivity contribution is 5.77. The molecule has 0 rings (SSSR count). The van der Waals surface area contributed by atoms with E-state index in [1.807, 2.05) is 0 Å². The van der Waals surface area contributed by atoms with E-state index in [0.29, 0.717) is 6.42 Å². The first-order valence-electron chi connectivity index (χ1n) is 8.67. The highest BCUT2D eigenvalue weighted by atomic mass is 16.4. The van der Waals surface area contributed by atoms with Crippen molar-refractivity contribution in [2.24, 2.45) is 5.92 Å². The zero-order valence-electron chi connectivity index (χ0n) is 13.9. The second-order valence-electron chi connectivity index (χ2n) is 5.95. The molecule has 0 aliphatic carbocycles. The van der Waals surface area contributed by atoms with Gasteiger partial charge in [0.05, 0.1) is 12.3 Å². The van der Waals surface area contributed by atoms with E-state index >= 15 is 0 Å². The van der Waals surface area contributed by atoms with E-state index in [1.165, 1.54) is 44.9 Å². The molecule has 0 saturated carbocycles. The van der Waals surface area contributed by atoms with Crippen LogP contribution in [0.5, 0.6) is 0 Å². The van der Waals surface area contributed by atoms with Gasteiger partial charge >= 0.3 is 11.9 Å². The van der Waals surface area contributed by atoms with E-state index in [2.05, 4.69) is 19.1 Å². The number of unbranched alkanes of at least 4 members (excludes halogenated alkanes) is 8. The van der Waals surface area contributed by atoms with Crippen LogP contribution in [-0.4, -0.2) is 22.2 Å². The number of aliphatic carboxylic acids is 2. The number of carboxylic acids is 2. The van der Waals surface area contributed by atoms with Crippen LogP contribution in [0.25, 0.3) is 0 Å². The molecular formula is C18H32O4. The van der Waals surface area contributed by atoms with Crippen LogP contribution < -0.4 is 0 Å². The summed E-state index contributed by atoms with van der Waals surface area (Å²) in [6.07, 6.45) is 16.2. The lowest BCUT2D eigenvalue weighted by atomic mass is 9.97. The van der Waals surface area contributed by atoms with Gasteiger partial charge in [-0.1, -0.05) is 64.0 Å². The van der Waals surface area contributed by atoms with Gasteiger partial charge in [0.1, 0.15) is 0 Å². The van der Waals surface area contributed by atoms with Crippen LogP contribution in [0.15, 0.2) is 12.2 Å². The van der Waals surface area contributed by atoms with E-state index in [0.717, 1.165) is 19.3 Å². The molecule has 0 aromatic heterocycles. The van der Waals surface area contributed by atoms with Gasteiger partial charge in [0.25, 0.3) is 0 Å². The van der Waals surface area contributed by atoms with Gasteiger partial charge in [-0.25, -0.2) is 0 Å². The number of hydrogen-bond acceptors (Lipinski definition) is 2. The number of carbonyl (C=O) groups is 2. The predicted octanol–water partition coefficient (Wildman–Crippen LogP) is 5.03. The molecule has 1 atom stereocenters. The number of hydrogen-bond donors (Lipinski definition) is 2. The zero-order valence-corrected chi connectivity index (χ0v) is 13.9. The first-order valence-corrected chi connectivity index (χ1v) is 8.67. The minimum atomic E-state index is -1.03. The highest BCUT2D eigenvalue weighted by Gasteiger charge is 2.19. The second-order valence-corrected chi connectivity index (χ2v) is 5.95. The molecule has 0 amide bonds. The molecule has 0 bridgehead atoms. The van der Waals surface area contributed by atoms with Crippen molar-refractivity contribution in [2.75, 3.05) is 0 Å². The van der Waals surface area contributed by atoms with Crippen molar-refractivity contribution >= 4 is 11.9 Å². The average Bonchev–Trinajstić information content (AvgIpc) is 2.46. The van der Waals surface area contributed by atoms with E-state index in [-0.39, 0.29) is 6.42 Å². The first-order chi connectivity index (χ1) is 10.6. The van der Waals surface area contributed by atoms with Gasteiger partial charge in [-0.2, -0.15) is 0 Å². The lowest BCUT2D eigenvalue weighted by molar-refractivity contribution is -0.148. The molecule has 4 nitrogen and oxygen atoms in total. The Balaban J connectivity index is 3.42. The molecule has 1 unspecified atom stereocenters. The van der Waals surface area contributed by atoms with Crippen LogP contribution >= 0.6 is 0 Å². The average molecular weight is 312 g/mol. The van der Waals surface area contributed by atoms with Gasteiger partial charge in [-0.05, 0) is 25.7 Å². The minimum absolute atomic E-state index is 0.263. The Morgan fingerprint density at radius 3 is 1.95 bits per heavy atom. The van der Waals surface area contributed by atoms with E-state index < -0.39 is 17.9 Å². The summed E-state index contributed by atoms with van der Waals surface area (Å²) in [5.41, 5.74) is 0. The fourth-order valence-corrected chi connectivity index (χ4v) is 2.46. The van der Waals surface area contributed by atoms with Gasteiger partial charge in [-0.15, -0.1) is 0 Å². The predicted molar refractivity (Wildman–Crippen MR) is 89.0 cm³/mol. The van der Waals surface area contributed by atoms with E-state index in [1.54, 1.807) is 0 Å². The second kappa shape index (κ2) is 14.6. The van der Waals surface area contributed by atoms with Gasteiger partial charge in [0.15, 0.2) is 0 Å². The number of rotatable bonds is 15. The summed E-state index contributed by atoms with van der Waals surface area (Å²) in [4.78, 5) is 21.5. The van der Waals surface area contributed by atoms with Crippen molar-refractivity contribution in [1.82, 2.24) is 0 Å². The Bertz CT molecular complexity index is 323. The molecule has 4 heteroatoms. The van der Waals surface area contributed by atoms with Gasteiger partial charge in [0.2, 0.25) is 0 Å². The molecule has 0 radical (unpaired) electrons. The maximum Gasteiger partial charge on any atom is 0.307 e. The standard InChI is InChI=1S/C18H32O4/c1-2-3-4-5-6-7-8-9-10-11-12-13-14-16(18(21)22)15-17(19)20/h4-5,16H,2-3,6-15H2,1H3,(H,19,20)(H,21,22)/b5-4-. The molecule has 0 aliphatic rings. The fourth-order valence-electron chi connectivity index (χ4n) is 2.46. The Morgan fingerprint density at radius 2 is 1.41 bits per heavy atom. The molecule has 0 fully saturated rings. The molecule has 0 heterocycles. The van der Waals surface area contributed by atoms with Crippen LogP contribution in [0.3, 0.4) is 0 Å². The third-order valence-electron chi connectivity index (χ3n) is 3.82. The van der Waals surface area contributed by atoms with Crippen molar-refractivity contribution in [3.05, 3.63) is 12.2 Å². The third-order valence-corrected chi connectivity index (χ3v) is 3.82. The number of carboxylic acid groups (broad SMARTS) is 2. The summed E-state index contributed by atoms with van der Waals surface area (Å²) in [7, 11) is 0. The number of allylic oxidation sites excluding steroid dienone is 2. The van der Waals surface area contributed by atoms with Crippen molar-refractivity contribution in [2.45, 2.75) is 84.0 Å². The van der Waals surface area contributed by atoms with Crippen LogP contribution in [0, 0.1) is 5.92 Å². The molecule has 0 spiro atoms. The molecule has 0 aromatic rings. The first kappa shape index (κ1) is 20.7. The fraction of sp³-hybridized carbons (Fsp3) is 0.778. The Labute approximate surface area is 134 Å². The van der Waals surface area contributed by atoms with Crippen molar-refractivity contribution < 1.29 is 19.8 Å². The molecule has 0 aliphatic heterocycles. The quantitative estimate of drug-likeness (QED) is 0.328. The van der Waals surface area contributed by atoms with Gasteiger partial charge in [0, 0.05) is 0 Å².